The molecule has 0 heterocycles. The number of nitrogens with zero attached hydrogens (tertiary/aromatic N) is 1. The van der Waals surface area contributed by atoms with Crippen LogP contribution in [0.3, 0.4) is 0 Å². The molecule has 4 aliphatic rings. The highest BCUT2D eigenvalue weighted by molar-refractivity contribution is 5.76. The Kier molecular flexibility index (Phi) is 10.4. The van der Waals surface area contributed by atoms with Crippen molar-refractivity contribution in [2.45, 2.75) is 124 Å². The van der Waals surface area contributed by atoms with Gasteiger partial charge in [0.1, 0.15) is 0 Å². The van der Waals surface area contributed by atoms with Gasteiger partial charge in [-0.05, 0) is 118 Å². The molecule has 4 fully saturated rings. The zero-order chi connectivity index (χ0) is 32.0. The molecule has 0 spiro atoms. The maximum Gasteiger partial charge on any atom is 0.315 e. The lowest BCUT2D eigenvalue weighted by Gasteiger charge is -2.63. The van der Waals surface area contributed by atoms with Crippen LogP contribution in [0.1, 0.15) is 106 Å². The molecule has 0 aliphatic heterocycles. The van der Waals surface area contributed by atoms with E-state index in [2.05, 4.69) is 26.1 Å². The normalized spacial score (nSPS) is 40.2. The molecule has 0 bridgehead atoms. The summed E-state index contributed by atoms with van der Waals surface area (Å²) in [6.45, 7) is 14.2. The number of hydrogen-bond acceptors (Lipinski definition) is 6. The van der Waals surface area contributed by atoms with E-state index in [1.165, 1.54) is 0 Å². The summed E-state index contributed by atoms with van der Waals surface area (Å²) in [6.07, 6.45) is 7.25. The van der Waals surface area contributed by atoms with Gasteiger partial charge in [0.2, 0.25) is 12.6 Å². The van der Waals surface area contributed by atoms with Crippen LogP contribution in [-0.2, 0) is 14.3 Å². The minimum Gasteiger partial charge on any atom is -0.415 e. The highest BCUT2D eigenvalue weighted by Crippen LogP contribution is 2.68. The maximum absolute atomic E-state index is 12.8. The first kappa shape index (κ1) is 34.6. The number of rotatable bonds is 10. The Morgan fingerprint density at radius 3 is 2.40 bits per heavy atom. The van der Waals surface area contributed by atoms with E-state index in [4.69, 9.17) is 4.74 Å². The second-order valence-corrected chi connectivity index (χ2v) is 17.2. The van der Waals surface area contributed by atoms with Crippen LogP contribution in [0.25, 0.3) is 0 Å². The predicted molar refractivity (Wildman–Crippen MR) is 167 cm³/mol. The maximum atomic E-state index is 12.8. The Labute approximate surface area is 260 Å². The summed E-state index contributed by atoms with van der Waals surface area (Å²) in [5.41, 5.74) is -0.674. The third-order valence-corrected chi connectivity index (χ3v) is 12.8. The first-order valence-corrected chi connectivity index (χ1v) is 17.2. The van der Waals surface area contributed by atoms with Crippen molar-refractivity contribution in [1.29, 1.82) is 0 Å². The van der Waals surface area contributed by atoms with Gasteiger partial charge in [-0.3, -0.25) is 14.1 Å². The van der Waals surface area contributed by atoms with Crippen molar-refractivity contribution in [3.8, 4) is 0 Å². The van der Waals surface area contributed by atoms with Gasteiger partial charge in [-0.1, -0.05) is 20.8 Å². The van der Waals surface area contributed by atoms with E-state index in [-0.39, 0.29) is 40.8 Å². The molecule has 0 saturated heterocycles. The van der Waals surface area contributed by atoms with E-state index in [1.807, 2.05) is 34.9 Å². The predicted octanol–water partition coefficient (Wildman–Crippen LogP) is 4.49. The van der Waals surface area contributed by atoms with Crippen LogP contribution in [0.15, 0.2) is 0 Å². The number of hydrogen-bond donors (Lipinski definition) is 4. The summed E-state index contributed by atoms with van der Waals surface area (Å²) in [7, 11) is 4.06. The number of nitrogens with one attached hydrogen (secondary N) is 1. The highest BCUT2D eigenvalue weighted by atomic mass is 16.5. The standard InChI is InChI=1S/C35H62N2O6/c1-22(10-13-30(41)36-16-9-17-37(7,8)21-43-32(42)33(2,3)4)25-11-12-26-31-27(20-29(40)35(25,26)6)34(5)15-14-24(38)18-23(34)19-28(31)39/h22-29,31,38-40H,9-21H2,1-8H3/p+1/t22-,23?,24-,25-,26?,27?,28?,29+,31?,34+,35-/m1/s1. The smallest absolute Gasteiger partial charge is 0.315 e. The minimum absolute atomic E-state index is 0.0708. The number of aliphatic hydroxyl groups excluding tert-OH is 3. The van der Waals surface area contributed by atoms with Crippen molar-refractivity contribution in [2.24, 2.45) is 51.8 Å². The van der Waals surface area contributed by atoms with Gasteiger partial charge in [-0.2, -0.15) is 0 Å². The SMILES string of the molecule is C[C@H](CCC(=O)NCCC[N+](C)(C)COC(=O)C(C)(C)C)[C@H]1CCC2C3C(O)CC4C[C@H](O)CC[C@]4(C)C3C[C@H](O)[C@@]21C. The molecule has 0 radical (unpaired) electrons. The van der Waals surface area contributed by atoms with Crippen molar-refractivity contribution in [2.75, 3.05) is 33.9 Å². The Balaban J connectivity index is 1.26. The summed E-state index contributed by atoms with van der Waals surface area (Å²) in [6, 6.07) is 0. The van der Waals surface area contributed by atoms with Crippen molar-refractivity contribution >= 4 is 11.9 Å². The number of esters is 1. The molecular formula is C35H63N2O6+. The van der Waals surface area contributed by atoms with Crippen LogP contribution in [0.2, 0.25) is 0 Å². The molecule has 4 N–H and O–H groups in total. The van der Waals surface area contributed by atoms with Gasteiger partial charge in [-0.15, -0.1) is 0 Å². The fraction of sp³-hybridized carbons (Fsp3) is 0.943. The van der Waals surface area contributed by atoms with Crippen LogP contribution < -0.4 is 5.32 Å². The lowest BCUT2D eigenvalue weighted by molar-refractivity contribution is -0.907. The number of ether oxygens (including phenoxy) is 1. The molecule has 0 aromatic rings. The second-order valence-electron chi connectivity index (χ2n) is 17.2. The van der Waals surface area contributed by atoms with Crippen LogP contribution in [0.4, 0.5) is 0 Å². The van der Waals surface area contributed by atoms with Crippen LogP contribution in [0.5, 0.6) is 0 Å². The summed E-state index contributed by atoms with van der Waals surface area (Å²) in [4.78, 5) is 24.9. The molecule has 1 amide bonds. The van der Waals surface area contributed by atoms with Gasteiger partial charge in [0, 0.05) is 19.4 Å². The molecule has 248 valence electrons. The van der Waals surface area contributed by atoms with Crippen molar-refractivity contribution in [3.63, 3.8) is 0 Å². The average molecular weight is 608 g/mol. The molecular weight excluding hydrogens is 544 g/mol. The highest BCUT2D eigenvalue weighted by Gasteiger charge is 2.65. The summed E-state index contributed by atoms with van der Waals surface area (Å²) < 4.78 is 6.04. The first-order valence-electron chi connectivity index (χ1n) is 17.2. The molecule has 11 atom stereocenters. The lowest BCUT2D eigenvalue weighted by atomic mass is 9.43. The van der Waals surface area contributed by atoms with Crippen LogP contribution in [-0.4, -0.2) is 83.9 Å². The molecule has 4 aliphatic carbocycles. The average Bonchev–Trinajstić information content (AvgIpc) is 3.28. The zero-order valence-electron chi connectivity index (χ0n) is 28.4. The number of fused-ring (bicyclic) bond motifs is 5. The number of carbonyl (C=O) groups is 2. The molecule has 43 heavy (non-hydrogen) atoms. The number of amides is 1. The van der Waals surface area contributed by atoms with Gasteiger partial charge in [0.25, 0.3) is 0 Å². The van der Waals surface area contributed by atoms with E-state index in [1.54, 1.807) is 0 Å². The molecule has 8 heteroatoms. The van der Waals surface area contributed by atoms with E-state index in [9.17, 15) is 24.9 Å². The van der Waals surface area contributed by atoms with Gasteiger partial charge in [0.15, 0.2) is 0 Å². The Hall–Kier alpha value is -1.22. The molecule has 0 aromatic heterocycles. The quantitative estimate of drug-likeness (QED) is 0.126. The van der Waals surface area contributed by atoms with Gasteiger partial charge >= 0.3 is 5.97 Å². The topological polar surface area (TPSA) is 116 Å². The number of quaternary nitrogens is 1. The second kappa shape index (κ2) is 12.9. The van der Waals surface area contributed by atoms with Crippen molar-refractivity contribution < 1.29 is 34.1 Å². The van der Waals surface area contributed by atoms with Crippen molar-refractivity contribution in [3.05, 3.63) is 0 Å². The molecule has 5 unspecified atom stereocenters. The van der Waals surface area contributed by atoms with Crippen molar-refractivity contribution in [1.82, 2.24) is 5.32 Å². The number of carbonyl (C=O) groups excluding carboxylic acids is 2. The monoisotopic (exact) mass is 607 g/mol. The Morgan fingerprint density at radius 1 is 1.02 bits per heavy atom. The summed E-state index contributed by atoms with van der Waals surface area (Å²) >= 11 is 0. The summed E-state index contributed by atoms with van der Waals surface area (Å²) in [5.74, 6) is 1.66. The van der Waals surface area contributed by atoms with E-state index in [0.717, 1.165) is 64.3 Å². The largest absolute Gasteiger partial charge is 0.415 e. The molecule has 4 rings (SSSR count). The van der Waals surface area contributed by atoms with Gasteiger partial charge in [0.05, 0.1) is 44.4 Å². The first-order chi connectivity index (χ1) is 19.9. The van der Waals surface area contributed by atoms with Crippen LogP contribution in [0, 0.1) is 51.8 Å². The molecule has 4 saturated carbocycles. The van der Waals surface area contributed by atoms with E-state index >= 15 is 0 Å². The number of aliphatic hydroxyl groups is 3. The zero-order valence-corrected chi connectivity index (χ0v) is 28.4. The van der Waals surface area contributed by atoms with Gasteiger partial charge < -0.3 is 25.4 Å². The van der Waals surface area contributed by atoms with E-state index in [0.29, 0.717) is 53.8 Å². The fourth-order valence-electron chi connectivity index (χ4n) is 10.0. The molecule has 8 nitrogen and oxygen atoms in total. The summed E-state index contributed by atoms with van der Waals surface area (Å²) in [5, 5.41) is 36.7. The lowest BCUT2D eigenvalue weighted by Crippen LogP contribution is -2.62. The van der Waals surface area contributed by atoms with E-state index < -0.39 is 11.5 Å². The fourth-order valence-corrected chi connectivity index (χ4v) is 10.0. The Bertz CT molecular complexity index is 995. The minimum atomic E-state index is -0.515. The van der Waals surface area contributed by atoms with Gasteiger partial charge in [-0.25, -0.2) is 0 Å². The Morgan fingerprint density at radius 2 is 1.72 bits per heavy atom. The third-order valence-electron chi connectivity index (χ3n) is 12.8. The van der Waals surface area contributed by atoms with Crippen LogP contribution >= 0.6 is 0 Å². The molecule has 0 aromatic carbocycles. The third kappa shape index (κ3) is 7.12.